The van der Waals surface area contributed by atoms with Gasteiger partial charge in [0, 0.05) is 22.3 Å². The average molecular weight is 588 g/mol. The highest BCUT2D eigenvalue weighted by Gasteiger charge is 2.23. The fourth-order valence-electron chi connectivity index (χ4n) is 6.94. The highest BCUT2D eigenvalue weighted by molar-refractivity contribution is 6.23. The van der Waals surface area contributed by atoms with Gasteiger partial charge < -0.3 is 9.32 Å². The molecule has 0 spiro atoms. The Labute approximate surface area is 267 Å². The summed E-state index contributed by atoms with van der Waals surface area (Å²) in [5.41, 5.74) is 9.73. The molecule has 0 aliphatic carbocycles. The van der Waals surface area contributed by atoms with Gasteiger partial charge in [-0.1, -0.05) is 133 Å². The van der Waals surface area contributed by atoms with Crippen LogP contribution in [-0.2, 0) is 0 Å². The number of hydrogen-bond donors (Lipinski definition) is 0. The van der Waals surface area contributed by atoms with E-state index >= 15 is 0 Å². The third-order valence-corrected chi connectivity index (χ3v) is 9.03. The van der Waals surface area contributed by atoms with Gasteiger partial charge in [-0.25, -0.2) is 0 Å². The number of benzene rings is 8. The van der Waals surface area contributed by atoms with Gasteiger partial charge in [-0.3, -0.25) is 0 Å². The van der Waals surface area contributed by atoms with Crippen LogP contribution in [-0.4, -0.2) is 0 Å². The number of furan rings is 1. The average Bonchev–Trinajstić information content (AvgIpc) is 3.50. The van der Waals surface area contributed by atoms with Gasteiger partial charge in [0.1, 0.15) is 11.2 Å². The molecule has 216 valence electrons. The molecule has 2 heteroatoms. The van der Waals surface area contributed by atoms with E-state index in [0.717, 1.165) is 44.6 Å². The normalized spacial score (nSPS) is 11.5. The maximum absolute atomic E-state index is 6.91. The van der Waals surface area contributed by atoms with Crippen LogP contribution in [0.2, 0.25) is 0 Å². The minimum absolute atomic E-state index is 0.867. The molecule has 0 fully saturated rings. The molecule has 8 aromatic carbocycles. The Bertz CT molecular complexity index is 2510. The molecule has 0 bridgehead atoms. The van der Waals surface area contributed by atoms with Gasteiger partial charge in [0.05, 0.1) is 11.1 Å². The minimum atomic E-state index is 0.867. The lowest BCUT2D eigenvalue weighted by molar-refractivity contribution is 0.670. The first-order valence-electron chi connectivity index (χ1n) is 15.7. The van der Waals surface area contributed by atoms with Crippen molar-refractivity contribution >= 4 is 60.5 Å². The molecule has 46 heavy (non-hydrogen) atoms. The minimum Gasteiger partial charge on any atom is -0.455 e. The fraction of sp³-hybridized carbons (Fsp3) is 0. The highest BCUT2D eigenvalue weighted by atomic mass is 16.3. The number of hydrogen-bond acceptors (Lipinski definition) is 2. The molecule has 1 aromatic heterocycles. The molecule has 0 N–H and O–H groups in total. The monoisotopic (exact) mass is 587 g/mol. The van der Waals surface area contributed by atoms with E-state index < -0.39 is 0 Å². The third-order valence-electron chi connectivity index (χ3n) is 9.03. The van der Waals surface area contributed by atoms with E-state index in [9.17, 15) is 0 Å². The van der Waals surface area contributed by atoms with Crippen molar-refractivity contribution in [3.63, 3.8) is 0 Å². The third kappa shape index (κ3) is 4.27. The lowest BCUT2D eigenvalue weighted by Gasteiger charge is -2.26. The zero-order valence-corrected chi connectivity index (χ0v) is 25.1. The fourth-order valence-corrected chi connectivity index (χ4v) is 6.94. The molecule has 0 radical (unpaired) electrons. The Balaban J connectivity index is 1.33. The van der Waals surface area contributed by atoms with E-state index in [0.29, 0.717) is 0 Å². The molecule has 9 rings (SSSR count). The van der Waals surface area contributed by atoms with E-state index in [4.69, 9.17) is 4.42 Å². The predicted molar refractivity (Wildman–Crippen MR) is 194 cm³/mol. The largest absolute Gasteiger partial charge is 0.455 e. The summed E-state index contributed by atoms with van der Waals surface area (Å²) < 4.78 is 6.91. The van der Waals surface area contributed by atoms with Crippen LogP contribution in [0.15, 0.2) is 180 Å². The molecule has 0 saturated heterocycles. The Morgan fingerprint density at radius 1 is 0.413 bits per heavy atom. The standard InChI is InChI=1S/C44H29NO/c1-3-13-30(14-4-1)31-25-27-35(28-26-31)45(34-18-5-2-6-19-34)40-23-12-24-41-43(40)39-29-33-16-8-10-21-37(33)42(44(39)46-41)38-22-11-17-32-15-7-9-20-36(32)38/h1-29H. The van der Waals surface area contributed by atoms with Crippen molar-refractivity contribution in [2.75, 3.05) is 4.90 Å². The van der Waals surface area contributed by atoms with E-state index in [1.165, 1.54) is 38.2 Å². The van der Waals surface area contributed by atoms with Crippen molar-refractivity contribution in [1.82, 2.24) is 0 Å². The Morgan fingerprint density at radius 2 is 1.02 bits per heavy atom. The van der Waals surface area contributed by atoms with Gasteiger partial charge in [0.25, 0.3) is 0 Å². The molecule has 9 aromatic rings. The number of anilines is 3. The molecule has 0 unspecified atom stereocenters. The number of rotatable bonds is 5. The summed E-state index contributed by atoms with van der Waals surface area (Å²) in [5, 5.41) is 7.01. The van der Waals surface area contributed by atoms with Crippen LogP contribution < -0.4 is 4.90 Å². The summed E-state index contributed by atoms with van der Waals surface area (Å²) in [5.74, 6) is 0. The van der Waals surface area contributed by atoms with E-state index in [1.807, 2.05) is 0 Å². The van der Waals surface area contributed by atoms with Gasteiger partial charge in [-0.2, -0.15) is 0 Å². The lowest BCUT2D eigenvalue weighted by Crippen LogP contribution is -2.10. The van der Waals surface area contributed by atoms with Crippen molar-refractivity contribution in [3.05, 3.63) is 176 Å². The van der Waals surface area contributed by atoms with Gasteiger partial charge in [-0.05, 0) is 80.7 Å². The van der Waals surface area contributed by atoms with Gasteiger partial charge in [-0.15, -0.1) is 0 Å². The summed E-state index contributed by atoms with van der Waals surface area (Å²) in [6, 6.07) is 62.5. The number of para-hydroxylation sites is 1. The zero-order valence-electron chi connectivity index (χ0n) is 25.1. The van der Waals surface area contributed by atoms with E-state index in [-0.39, 0.29) is 0 Å². The second-order valence-corrected chi connectivity index (χ2v) is 11.7. The second-order valence-electron chi connectivity index (χ2n) is 11.7. The first-order chi connectivity index (χ1) is 22.8. The second kappa shape index (κ2) is 10.8. The number of nitrogens with zero attached hydrogens (tertiary/aromatic N) is 1. The summed E-state index contributed by atoms with van der Waals surface area (Å²) in [6.45, 7) is 0. The van der Waals surface area contributed by atoms with Crippen LogP contribution in [0.25, 0.3) is 65.7 Å². The first kappa shape index (κ1) is 26.3. The summed E-state index contributed by atoms with van der Waals surface area (Å²) in [7, 11) is 0. The molecule has 0 atom stereocenters. The molecule has 0 amide bonds. The van der Waals surface area contributed by atoms with Crippen LogP contribution in [0.5, 0.6) is 0 Å². The Morgan fingerprint density at radius 3 is 1.83 bits per heavy atom. The van der Waals surface area contributed by atoms with Crippen molar-refractivity contribution in [2.24, 2.45) is 0 Å². The molecule has 0 saturated carbocycles. The first-order valence-corrected chi connectivity index (χ1v) is 15.7. The Hall–Kier alpha value is -6.12. The maximum Gasteiger partial charge on any atom is 0.143 e. The molecule has 0 aliphatic heterocycles. The SMILES string of the molecule is c1ccc(-c2ccc(N(c3ccccc3)c3cccc4oc5c(-c6cccc7ccccc67)c6ccccc6cc5c34)cc2)cc1. The predicted octanol–water partition coefficient (Wildman–Crippen LogP) is 12.7. The Kier molecular flexibility index (Phi) is 6.17. The van der Waals surface area contributed by atoms with Crippen LogP contribution >= 0.6 is 0 Å². The van der Waals surface area contributed by atoms with Crippen molar-refractivity contribution in [2.45, 2.75) is 0 Å². The zero-order chi connectivity index (χ0) is 30.5. The number of fused-ring (bicyclic) bond motifs is 5. The summed E-state index contributed by atoms with van der Waals surface area (Å²) in [6.07, 6.45) is 0. The van der Waals surface area contributed by atoms with E-state index in [2.05, 4.69) is 181 Å². The lowest BCUT2D eigenvalue weighted by atomic mass is 9.92. The molecule has 2 nitrogen and oxygen atoms in total. The van der Waals surface area contributed by atoms with Crippen LogP contribution in [0.3, 0.4) is 0 Å². The molecule has 0 aliphatic rings. The van der Waals surface area contributed by atoms with Crippen molar-refractivity contribution < 1.29 is 4.42 Å². The summed E-state index contributed by atoms with van der Waals surface area (Å²) >= 11 is 0. The van der Waals surface area contributed by atoms with Crippen LogP contribution in [0, 0.1) is 0 Å². The quantitative estimate of drug-likeness (QED) is 0.199. The van der Waals surface area contributed by atoms with Crippen LogP contribution in [0.1, 0.15) is 0 Å². The molecular weight excluding hydrogens is 558 g/mol. The summed E-state index contributed by atoms with van der Waals surface area (Å²) in [4.78, 5) is 2.35. The molecular formula is C44H29NO. The van der Waals surface area contributed by atoms with Gasteiger partial charge in [0.2, 0.25) is 0 Å². The van der Waals surface area contributed by atoms with Crippen molar-refractivity contribution in [3.8, 4) is 22.3 Å². The molecule has 1 heterocycles. The van der Waals surface area contributed by atoms with Gasteiger partial charge >= 0.3 is 0 Å². The van der Waals surface area contributed by atoms with Gasteiger partial charge in [0.15, 0.2) is 0 Å². The van der Waals surface area contributed by atoms with E-state index in [1.54, 1.807) is 0 Å². The topological polar surface area (TPSA) is 16.4 Å². The maximum atomic E-state index is 6.91. The smallest absolute Gasteiger partial charge is 0.143 e. The highest BCUT2D eigenvalue weighted by Crippen LogP contribution is 2.47. The van der Waals surface area contributed by atoms with Crippen molar-refractivity contribution in [1.29, 1.82) is 0 Å². The van der Waals surface area contributed by atoms with Crippen LogP contribution in [0.4, 0.5) is 17.1 Å².